The van der Waals surface area contributed by atoms with E-state index < -0.39 is 5.82 Å². The van der Waals surface area contributed by atoms with E-state index in [1.807, 2.05) is 6.08 Å². The summed E-state index contributed by atoms with van der Waals surface area (Å²) in [6.07, 6.45) is 7.07. The average Bonchev–Trinajstić information content (AvgIpc) is 2.54. The smallest absolute Gasteiger partial charge is 0.148 e. The molecule has 2 heterocycles. The second-order valence-corrected chi connectivity index (χ2v) is 6.13. The summed E-state index contributed by atoms with van der Waals surface area (Å²) in [6.45, 7) is 0.575. The van der Waals surface area contributed by atoms with E-state index in [1.54, 1.807) is 24.4 Å². The van der Waals surface area contributed by atoms with Crippen molar-refractivity contribution in [3.05, 3.63) is 80.5 Å². The number of hydrogen-bond acceptors (Lipinski definition) is 2. The number of rotatable bonds is 3. The molecule has 0 unspecified atom stereocenters. The first-order valence-electron chi connectivity index (χ1n) is 6.84. The lowest BCUT2D eigenvalue weighted by atomic mass is 9.98. The highest BCUT2D eigenvalue weighted by atomic mass is 35.5. The van der Waals surface area contributed by atoms with E-state index in [4.69, 9.17) is 34.8 Å². The highest BCUT2D eigenvalue weighted by Crippen LogP contribution is 2.32. The molecule has 0 aliphatic carbocycles. The lowest BCUT2D eigenvalue weighted by Crippen LogP contribution is -2.20. The molecule has 0 saturated carbocycles. The zero-order chi connectivity index (χ0) is 16.4. The Bertz CT molecular complexity index is 815. The molecule has 0 amide bonds. The topological polar surface area (TPSA) is 24.9 Å². The van der Waals surface area contributed by atoms with Gasteiger partial charge in [-0.3, -0.25) is 0 Å². The summed E-state index contributed by atoms with van der Waals surface area (Å²) >= 11 is 18.0. The van der Waals surface area contributed by atoms with Gasteiger partial charge in [-0.2, -0.15) is 0 Å². The van der Waals surface area contributed by atoms with Gasteiger partial charge in [0.2, 0.25) is 0 Å². The van der Waals surface area contributed by atoms with Crippen LogP contribution in [0.25, 0.3) is 5.57 Å². The SMILES string of the molecule is Fc1cc(CC2=C(c3ccnc(Cl)c3Cl)C=[C]CN2)ccc1Cl. The van der Waals surface area contributed by atoms with E-state index in [1.165, 1.54) is 6.07 Å². The van der Waals surface area contributed by atoms with Crippen molar-refractivity contribution in [2.24, 2.45) is 0 Å². The summed E-state index contributed by atoms with van der Waals surface area (Å²) in [4.78, 5) is 3.96. The zero-order valence-corrected chi connectivity index (χ0v) is 14.1. The standard InChI is InChI=1S/C17H11Cl3FN2/c18-13-4-3-10(8-14(13)21)9-15-11(2-1-6-22-15)12-5-7-23-17(20)16(12)19/h2-5,7-8,22H,6,9H2. The second-order valence-electron chi connectivity index (χ2n) is 4.98. The number of pyridine rings is 1. The third-order valence-corrected chi connectivity index (χ3v) is 4.55. The van der Waals surface area contributed by atoms with Gasteiger partial charge in [0.1, 0.15) is 11.0 Å². The molecule has 1 radical (unpaired) electrons. The molecule has 1 aliphatic heterocycles. The molecule has 0 atom stereocenters. The molecular formula is C17H11Cl3FN2. The summed E-state index contributed by atoms with van der Waals surface area (Å²) in [7, 11) is 0. The minimum absolute atomic E-state index is 0.108. The fourth-order valence-electron chi connectivity index (χ4n) is 2.37. The van der Waals surface area contributed by atoms with Gasteiger partial charge in [0.25, 0.3) is 0 Å². The Morgan fingerprint density at radius 2 is 2.04 bits per heavy atom. The molecule has 1 N–H and O–H groups in total. The van der Waals surface area contributed by atoms with Gasteiger partial charge in [-0.25, -0.2) is 9.37 Å². The lowest BCUT2D eigenvalue weighted by molar-refractivity contribution is 0.626. The highest BCUT2D eigenvalue weighted by Gasteiger charge is 2.16. The van der Waals surface area contributed by atoms with Gasteiger partial charge in [-0.05, 0) is 35.9 Å². The highest BCUT2D eigenvalue weighted by molar-refractivity contribution is 6.42. The van der Waals surface area contributed by atoms with Crippen molar-refractivity contribution in [3.8, 4) is 0 Å². The van der Waals surface area contributed by atoms with Crippen LogP contribution in [0.4, 0.5) is 4.39 Å². The van der Waals surface area contributed by atoms with Gasteiger partial charge >= 0.3 is 0 Å². The summed E-state index contributed by atoms with van der Waals surface area (Å²) < 4.78 is 13.6. The molecular weight excluding hydrogens is 358 g/mol. The van der Waals surface area contributed by atoms with Crippen molar-refractivity contribution in [2.45, 2.75) is 6.42 Å². The Morgan fingerprint density at radius 1 is 1.22 bits per heavy atom. The van der Waals surface area contributed by atoms with Crippen LogP contribution in [-0.4, -0.2) is 11.5 Å². The molecule has 1 aliphatic rings. The van der Waals surface area contributed by atoms with Crippen LogP contribution in [-0.2, 0) is 6.42 Å². The second kappa shape index (κ2) is 6.91. The number of hydrogen-bond donors (Lipinski definition) is 1. The molecule has 2 nitrogen and oxygen atoms in total. The number of nitrogens with one attached hydrogen (secondary N) is 1. The minimum atomic E-state index is -0.436. The van der Waals surface area contributed by atoms with Crippen molar-refractivity contribution in [2.75, 3.05) is 6.54 Å². The van der Waals surface area contributed by atoms with Crippen molar-refractivity contribution < 1.29 is 4.39 Å². The van der Waals surface area contributed by atoms with Crippen LogP contribution in [0.3, 0.4) is 0 Å². The first-order valence-corrected chi connectivity index (χ1v) is 7.97. The van der Waals surface area contributed by atoms with Gasteiger partial charge < -0.3 is 5.32 Å². The van der Waals surface area contributed by atoms with Crippen LogP contribution in [0, 0.1) is 11.9 Å². The molecule has 117 valence electrons. The van der Waals surface area contributed by atoms with Crippen LogP contribution < -0.4 is 5.32 Å². The van der Waals surface area contributed by atoms with Crippen LogP contribution in [0.1, 0.15) is 11.1 Å². The third-order valence-electron chi connectivity index (χ3n) is 3.48. The van der Waals surface area contributed by atoms with Crippen molar-refractivity contribution in [1.29, 1.82) is 0 Å². The normalized spacial score (nSPS) is 14.1. The predicted octanol–water partition coefficient (Wildman–Crippen LogP) is 5.10. The van der Waals surface area contributed by atoms with E-state index in [0.29, 0.717) is 18.0 Å². The molecule has 6 heteroatoms. The first-order chi connectivity index (χ1) is 11.1. The van der Waals surface area contributed by atoms with Gasteiger partial charge in [-0.1, -0.05) is 40.9 Å². The van der Waals surface area contributed by atoms with E-state index in [0.717, 1.165) is 22.4 Å². The Morgan fingerprint density at radius 3 is 2.83 bits per heavy atom. The molecule has 1 aromatic heterocycles. The Labute approximate surface area is 148 Å². The molecule has 2 aromatic rings. The molecule has 0 bridgehead atoms. The van der Waals surface area contributed by atoms with Gasteiger partial charge in [0, 0.05) is 36.0 Å². The van der Waals surface area contributed by atoms with Crippen molar-refractivity contribution in [1.82, 2.24) is 10.3 Å². The fourth-order valence-corrected chi connectivity index (χ4v) is 2.86. The van der Waals surface area contributed by atoms with E-state index in [-0.39, 0.29) is 10.2 Å². The molecule has 0 saturated heterocycles. The van der Waals surface area contributed by atoms with E-state index in [9.17, 15) is 4.39 Å². The summed E-state index contributed by atoms with van der Waals surface area (Å²) in [6, 6.07) is 6.56. The predicted molar refractivity (Wildman–Crippen MR) is 92.1 cm³/mol. The summed E-state index contributed by atoms with van der Waals surface area (Å²) in [5.74, 6) is -0.436. The van der Waals surface area contributed by atoms with Crippen LogP contribution in [0.5, 0.6) is 0 Å². The average molecular weight is 369 g/mol. The van der Waals surface area contributed by atoms with Crippen LogP contribution >= 0.6 is 34.8 Å². The van der Waals surface area contributed by atoms with Gasteiger partial charge in [-0.15, -0.1) is 0 Å². The van der Waals surface area contributed by atoms with E-state index in [2.05, 4.69) is 16.4 Å². The maximum atomic E-state index is 13.6. The van der Waals surface area contributed by atoms with Crippen LogP contribution in [0.15, 0.2) is 42.2 Å². The Hall–Kier alpha value is -1.55. The summed E-state index contributed by atoms with van der Waals surface area (Å²) in [5.41, 5.74) is 3.34. The Kier molecular flexibility index (Phi) is 4.90. The zero-order valence-electron chi connectivity index (χ0n) is 11.8. The number of nitrogens with zero attached hydrogens (tertiary/aromatic N) is 1. The summed E-state index contributed by atoms with van der Waals surface area (Å²) in [5, 5.41) is 3.99. The maximum Gasteiger partial charge on any atom is 0.148 e. The molecule has 1 aromatic carbocycles. The van der Waals surface area contributed by atoms with Crippen molar-refractivity contribution >= 4 is 40.4 Å². The molecule has 23 heavy (non-hydrogen) atoms. The number of halogens is 4. The van der Waals surface area contributed by atoms with Crippen molar-refractivity contribution in [3.63, 3.8) is 0 Å². The van der Waals surface area contributed by atoms with E-state index >= 15 is 0 Å². The third kappa shape index (κ3) is 3.52. The quantitative estimate of drug-likeness (QED) is 0.763. The van der Waals surface area contributed by atoms with Crippen LogP contribution in [0.2, 0.25) is 15.2 Å². The molecule has 3 rings (SSSR count). The monoisotopic (exact) mass is 367 g/mol. The molecule has 0 spiro atoms. The molecule has 0 fully saturated rings. The fraction of sp³-hybridized carbons (Fsp3) is 0.118. The largest absolute Gasteiger partial charge is 0.383 e. The number of benzene rings is 1. The number of dihydropyridines is 1. The lowest BCUT2D eigenvalue weighted by Gasteiger charge is -2.19. The van der Waals surface area contributed by atoms with Gasteiger partial charge in [0.15, 0.2) is 0 Å². The first kappa shape index (κ1) is 16.3. The number of aromatic nitrogens is 1. The van der Waals surface area contributed by atoms with Gasteiger partial charge in [0.05, 0.1) is 10.0 Å². The maximum absolute atomic E-state index is 13.6. The Balaban J connectivity index is 2.02. The minimum Gasteiger partial charge on any atom is -0.383 e. The number of allylic oxidation sites excluding steroid dienone is 3.